The number of amides is 2. The maximum atomic E-state index is 13.7. The van der Waals surface area contributed by atoms with Crippen LogP contribution in [-0.2, 0) is 26.2 Å². The minimum Gasteiger partial charge on any atom is -0.454 e. The van der Waals surface area contributed by atoms with Crippen molar-refractivity contribution in [3.8, 4) is 11.5 Å². The number of benzene rings is 2. The number of fused-ring (bicyclic) bond motifs is 1. The molecule has 2 aromatic rings. The van der Waals surface area contributed by atoms with Gasteiger partial charge in [0.1, 0.15) is 12.6 Å². The Labute approximate surface area is 207 Å². The summed E-state index contributed by atoms with van der Waals surface area (Å²) >= 11 is 0. The molecule has 0 saturated heterocycles. The van der Waals surface area contributed by atoms with Gasteiger partial charge < -0.3 is 19.7 Å². The van der Waals surface area contributed by atoms with Crippen molar-refractivity contribution < 1.29 is 27.5 Å². The van der Waals surface area contributed by atoms with E-state index < -0.39 is 28.5 Å². The molecule has 0 bridgehead atoms. The van der Waals surface area contributed by atoms with E-state index in [-0.39, 0.29) is 25.0 Å². The van der Waals surface area contributed by atoms with Crippen LogP contribution in [0.2, 0.25) is 0 Å². The molecule has 0 aliphatic carbocycles. The lowest BCUT2D eigenvalue weighted by Crippen LogP contribution is -2.52. The summed E-state index contributed by atoms with van der Waals surface area (Å²) in [6, 6.07) is 11.7. The lowest BCUT2D eigenvalue weighted by Gasteiger charge is -2.33. The fourth-order valence-corrected chi connectivity index (χ4v) is 4.92. The first-order chi connectivity index (χ1) is 16.7. The number of ether oxygens (including phenoxy) is 2. The summed E-state index contributed by atoms with van der Waals surface area (Å²) in [5, 5.41) is 2.79. The molecule has 1 heterocycles. The van der Waals surface area contributed by atoms with E-state index in [9.17, 15) is 18.0 Å². The Morgan fingerprint density at radius 3 is 2.34 bits per heavy atom. The number of hydrogen-bond acceptors (Lipinski definition) is 6. The topological polar surface area (TPSA) is 105 Å². The second-order valence-electron chi connectivity index (χ2n) is 8.27. The molecule has 9 nitrogen and oxygen atoms in total. The normalized spacial score (nSPS) is 13.3. The summed E-state index contributed by atoms with van der Waals surface area (Å²) < 4.78 is 37.9. The third kappa shape index (κ3) is 6.25. The Morgan fingerprint density at radius 2 is 1.71 bits per heavy atom. The third-order valence-electron chi connectivity index (χ3n) is 5.83. The molecule has 190 valence electrons. The highest BCUT2D eigenvalue weighted by Gasteiger charge is 2.32. The zero-order valence-corrected chi connectivity index (χ0v) is 21.4. The fraction of sp³-hybridized carbons (Fsp3) is 0.440. The number of carbonyl (C=O) groups excluding carboxylic acids is 2. The van der Waals surface area contributed by atoms with E-state index in [1.165, 1.54) is 11.8 Å². The second kappa shape index (κ2) is 11.4. The van der Waals surface area contributed by atoms with Crippen molar-refractivity contribution in [3.63, 3.8) is 0 Å². The molecule has 1 aliphatic rings. The molecule has 2 aromatic carbocycles. The third-order valence-corrected chi connectivity index (χ3v) is 7.58. The van der Waals surface area contributed by atoms with Crippen LogP contribution in [0.1, 0.15) is 38.3 Å². The van der Waals surface area contributed by atoms with Crippen molar-refractivity contribution in [3.05, 3.63) is 53.6 Å². The molecule has 10 heteroatoms. The number of sulfonamides is 1. The zero-order chi connectivity index (χ0) is 25.6. The van der Waals surface area contributed by atoms with Crippen LogP contribution in [0.25, 0.3) is 0 Å². The molecule has 1 N–H and O–H groups in total. The van der Waals surface area contributed by atoms with Crippen LogP contribution < -0.4 is 19.1 Å². The minimum atomic E-state index is -3.81. The van der Waals surface area contributed by atoms with Gasteiger partial charge in [0.25, 0.3) is 0 Å². The smallest absolute Gasteiger partial charge is 0.244 e. The van der Waals surface area contributed by atoms with Gasteiger partial charge in [-0.15, -0.1) is 0 Å². The summed E-state index contributed by atoms with van der Waals surface area (Å²) in [4.78, 5) is 28.0. The van der Waals surface area contributed by atoms with Crippen LogP contribution in [0, 0.1) is 6.92 Å². The van der Waals surface area contributed by atoms with Crippen LogP contribution in [-0.4, -0.2) is 56.8 Å². The van der Waals surface area contributed by atoms with Crippen LogP contribution in [0.15, 0.2) is 42.5 Å². The van der Waals surface area contributed by atoms with E-state index in [0.29, 0.717) is 30.2 Å². The first kappa shape index (κ1) is 26.3. The highest BCUT2D eigenvalue weighted by atomic mass is 32.2. The SMILES string of the molecule is CCNC(=O)[C@H](CC)N(Cc1ccc(C)cc1)C(=O)CN(c1ccc2c(c1)OCO2)S(=O)(=O)CC. The molecular weight excluding hydrogens is 470 g/mol. The summed E-state index contributed by atoms with van der Waals surface area (Å²) in [6.07, 6.45) is 0.383. The molecule has 0 spiro atoms. The summed E-state index contributed by atoms with van der Waals surface area (Å²) in [6.45, 7) is 7.33. The van der Waals surface area contributed by atoms with Gasteiger partial charge in [-0.25, -0.2) is 8.42 Å². The second-order valence-corrected chi connectivity index (χ2v) is 10.5. The van der Waals surface area contributed by atoms with Crippen molar-refractivity contribution in [2.24, 2.45) is 0 Å². The monoisotopic (exact) mass is 503 g/mol. The van der Waals surface area contributed by atoms with Crippen molar-refractivity contribution in [2.75, 3.05) is 29.9 Å². The van der Waals surface area contributed by atoms with E-state index in [4.69, 9.17) is 9.47 Å². The van der Waals surface area contributed by atoms with Gasteiger partial charge in [0.05, 0.1) is 11.4 Å². The molecule has 0 saturated carbocycles. The van der Waals surface area contributed by atoms with Gasteiger partial charge in [0.2, 0.25) is 28.6 Å². The van der Waals surface area contributed by atoms with Crippen LogP contribution in [0.4, 0.5) is 5.69 Å². The Kier molecular flexibility index (Phi) is 8.61. The summed E-state index contributed by atoms with van der Waals surface area (Å²) in [5.41, 5.74) is 2.22. The Morgan fingerprint density at radius 1 is 1.03 bits per heavy atom. The van der Waals surface area contributed by atoms with Gasteiger partial charge >= 0.3 is 0 Å². The van der Waals surface area contributed by atoms with E-state index in [1.54, 1.807) is 18.2 Å². The van der Waals surface area contributed by atoms with Gasteiger partial charge in [-0.2, -0.15) is 0 Å². The largest absolute Gasteiger partial charge is 0.454 e. The van der Waals surface area contributed by atoms with E-state index in [1.807, 2.05) is 45.0 Å². The van der Waals surface area contributed by atoms with E-state index in [2.05, 4.69) is 5.32 Å². The average Bonchev–Trinajstić information content (AvgIpc) is 3.31. The predicted molar refractivity (Wildman–Crippen MR) is 134 cm³/mol. The van der Waals surface area contributed by atoms with Gasteiger partial charge in [0.15, 0.2) is 11.5 Å². The number of carbonyl (C=O) groups is 2. The number of anilines is 1. The van der Waals surface area contributed by atoms with Gasteiger partial charge in [0, 0.05) is 19.2 Å². The number of aryl methyl sites for hydroxylation is 1. The molecule has 3 rings (SSSR count). The van der Waals surface area contributed by atoms with Crippen molar-refractivity contribution in [1.29, 1.82) is 0 Å². The molecule has 0 fully saturated rings. The Balaban J connectivity index is 1.96. The highest BCUT2D eigenvalue weighted by Crippen LogP contribution is 2.36. The van der Waals surface area contributed by atoms with E-state index >= 15 is 0 Å². The van der Waals surface area contributed by atoms with Crippen molar-refractivity contribution in [2.45, 2.75) is 46.7 Å². The molecule has 0 aromatic heterocycles. The van der Waals surface area contributed by atoms with Gasteiger partial charge in [-0.1, -0.05) is 36.8 Å². The molecule has 1 aliphatic heterocycles. The summed E-state index contributed by atoms with van der Waals surface area (Å²) in [5.74, 6) is -0.0178. The van der Waals surface area contributed by atoms with Crippen molar-refractivity contribution >= 4 is 27.5 Å². The Bertz CT molecular complexity index is 1150. The quantitative estimate of drug-likeness (QED) is 0.506. The van der Waals surface area contributed by atoms with Crippen LogP contribution in [0.5, 0.6) is 11.5 Å². The minimum absolute atomic E-state index is 0.0489. The molecule has 1 atom stereocenters. The maximum Gasteiger partial charge on any atom is 0.244 e. The summed E-state index contributed by atoms with van der Waals surface area (Å²) in [7, 11) is -3.81. The standard InChI is InChI=1S/C25H33N3O6S/c1-5-21(25(30)26-6-2)27(15-19-10-8-18(4)9-11-19)24(29)16-28(35(31,32)7-3)20-12-13-22-23(14-20)34-17-33-22/h8-14,21H,5-7,15-17H2,1-4H3,(H,26,30)/t21-/m0/s1. The first-order valence-electron chi connectivity index (χ1n) is 11.7. The number of nitrogens with zero attached hydrogens (tertiary/aromatic N) is 2. The molecule has 0 radical (unpaired) electrons. The lowest BCUT2D eigenvalue weighted by atomic mass is 10.1. The predicted octanol–water partition coefficient (Wildman–Crippen LogP) is 2.82. The maximum absolute atomic E-state index is 13.7. The number of nitrogens with one attached hydrogen (secondary N) is 1. The highest BCUT2D eigenvalue weighted by molar-refractivity contribution is 7.92. The first-order valence-corrected chi connectivity index (χ1v) is 13.3. The van der Waals surface area contributed by atoms with Crippen molar-refractivity contribution in [1.82, 2.24) is 10.2 Å². The molecular formula is C25H33N3O6S. The number of hydrogen-bond donors (Lipinski definition) is 1. The molecule has 35 heavy (non-hydrogen) atoms. The molecule has 2 amide bonds. The average molecular weight is 504 g/mol. The molecule has 0 unspecified atom stereocenters. The van der Waals surface area contributed by atoms with Crippen LogP contribution in [0.3, 0.4) is 0 Å². The fourth-order valence-electron chi connectivity index (χ4n) is 3.86. The number of likely N-dealkylation sites (N-methyl/N-ethyl adjacent to an activating group) is 1. The van der Waals surface area contributed by atoms with Gasteiger partial charge in [-0.05, 0) is 44.9 Å². The Hall–Kier alpha value is -3.27. The number of rotatable bonds is 11. The van der Waals surface area contributed by atoms with E-state index in [0.717, 1.165) is 15.4 Å². The lowest BCUT2D eigenvalue weighted by molar-refractivity contribution is -0.140. The van der Waals surface area contributed by atoms with Gasteiger partial charge in [-0.3, -0.25) is 13.9 Å². The zero-order valence-electron chi connectivity index (χ0n) is 20.6. The van der Waals surface area contributed by atoms with Crippen LogP contribution >= 0.6 is 0 Å².